The zero-order chi connectivity index (χ0) is 15.6. The van der Waals surface area contributed by atoms with Crippen LogP contribution in [0.15, 0.2) is 6.20 Å². The lowest BCUT2D eigenvalue weighted by atomic mass is 10.2. The Kier molecular flexibility index (Phi) is 4.26. The van der Waals surface area contributed by atoms with Crippen LogP contribution in [-0.2, 0) is 21.2 Å². The molecule has 116 valence electrons. The molecule has 1 aromatic heterocycles. The number of amides is 1. The molecule has 2 rings (SSSR count). The first-order valence-corrected chi connectivity index (χ1v) is 8.28. The average Bonchev–Trinajstić information content (AvgIpc) is 2.97. The number of hydrogen-bond acceptors (Lipinski definition) is 6. The molecule has 1 saturated heterocycles. The van der Waals surface area contributed by atoms with E-state index in [1.54, 1.807) is 6.92 Å². The minimum atomic E-state index is -3.07. The first-order valence-electron chi connectivity index (χ1n) is 6.45. The van der Waals surface area contributed by atoms with Crippen LogP contribution in [0.3, 0.4) is 0 Å². The Balaban J connectivity index is 2.05. The fourth-order valence-corrected chi connectivity index (χ4v) is 4.09. The highest BCUT2D eigenvalue weighted by molar-refractivity contribution is 7.91. The molecule has 0 saturated carbocycles. The molecule has 1 fully saturated rings. The first-order chi connectivity index (χ1) is 9.82. The largest absolute Gasteiger partial charge is 0.476 e. The molecule has 1 unspecified atom stereocenters. The van der Waals surface area contributed by atoms with Gasteiger partial charge in [-0.3, -0.25) is 4.79 Å². The van der Waals surface area contributed by atoms with Gasteiger partial charge < -0.3 is 10.0 Å². The number of carboxylic acid groups (broad SMARTS) is 1. The second-order valence-corrected chi connectivity index (χ2v) is 7.07. The summed E-state index contributed by atoms with van der Waals surface area (Å²) in [5.74, 6) is -1.46. The number of aromatic carboxylic acids is 1. The Hall–Kier alpha value is -1.97. The number of aromatic nitrogens is 3. The molecular formula is C11H16N4O5S. The second kappa shape index (κ2) is 5.80. The fourth-order valence-electron chi connectivity index (χ4n) is 2.36. The Bertz CT molecular complexity index is 653. The van der Waals surface area contributed by atoms with E-state index in [1.807, 2.05) is 0 Å². The van der Waals surface area contributed by atoms with E-state index < -0.39 is 15.8 Å². The SMILES string of the molecule is CCN(C(=O)Cn1cc(C(=O)O)nn1)C1CCS(=O)(=O)C1. The van der Waals surface area contributed by atoms with Crippen molar-refractivity contribution in [2.45, 2.75) is 25.9 Å². The molecule has 1 amide bonds. The standard InChI is InChI=1S/C11H16N4O5S/c1-2-15(8-3-4-21(19,20)7-8)10(16)6-14-5-9(11(17)18)12-13-14/h5,8H,2-4,6-7H2,1H3,(H,17,18). The van der Waals surface area contributed by atoms with Gasteiger partial charge >= 0.3 is 5.97 Å². The highest BCUT2D eigenvalue weighted by atomic mass is 32.2. The molecule has 1 aliphatic rings. The van der Waals surface area contributed by atoms with Crippen LogP contribution in [0.5, 0.6) is 0 Å². The van der Waals surface area contributed by atoms with Crippen LogP contribution in [0.4, 0.5) is 0 Å². The van der Waals surface area contributed by atoms with Gasteiger partial charge in [-0.15, -0.1) is 5.10 Å². The van der Waals surface area contributed by atoms with E-state index in [-0.39, 0.29) is 35.7 Å². The number of nitrogens with zero attached hydrogens (tertiary/aromatic N) is 4. The number of carbonyl (C=O) groups excluding carboxylic acids is 1. The number of carbonyl (C=O) groups is 2. The number of likely N-dealkylation sites (N-methyl/N-ethyl adjacent to an activating group) is 1. The van der Waals surface area contributed by atoms with Gasteiger partial charge in [0.2, 0.25) is 5.91 Å². The lowest BCUT2D eigenvalue weighted by Gasteiger charge is -2.26. The van der Waals surface area contributed by atoms with Crippen molar-refractivity contribution in [2.75, 3.05) is 18.1 Å². The van der Waals surface area contributed by atoms with E-state index in [2.05, 4.69) is 10.3 Å². The summed E-state index contributed by atoms with van der Waals surface area (Å²) in [7, 11) is -3.07. The van der Waals surface area contributed by atoms with Crippen molar-refractivity contribution >= 4 is 21.7 Å². The van der Waals surface area contributed by atoms with Gasteiger partial charge in [0.05, 0.1) is 17.7 Å². The smallest absolute Gasteiger partial charge is 0.358 e. The molecule has 1 aliphatic heterocycles. The van der Waals surface area contributed by atoms with Crippen LogP contribution in [0, 0.1) is 0 Å². The molecule has 1 atom stereocenters. The van der Waals surface area contributed by atoms with Gasteiger partial charge in [0.25, 0.3) is 0 Å². The summed E-state index contributed by atoms with van der Waals surface area (Å²) >= 11 is 0. The number of sulfone groups is 1. The van der Waals surface area contributed by atoms with E-state index in [4.69, 9.17) is 5.11 Å². The third-order valence-electron chi connectivity index (χ3n) is 3.37. The average molecular weight is 316 g/mol. The minimum absolute atomic E-state index is 0.0235. The normalized spacial score (nSPS) is 20.3. The maximum atomic E-state index is 12.2. The monoisotopic (exact) mass is 316 g/mol. The van der Waals surface area contributed by atoms with Crippen LogP contribution < -0.4 is 0 Å². The van der Waals surface area contributed by atoms with Crippen molar-refractivity contribution in [2.24, 2.45) is 0 Å². The van der Waals surface area contributed by atoms with Crippen molar-refractivity contribution in [3.8, 4) is 0 Å². The first kappa shape index (κ1) is 15.4. The maximum absolute atomic E-state index is 12.2. The summed E-state index contributed by atoms with van der Waals surface area (Å²) in [6.45, 7) is 2.00. The Morgan fingerprint density at radius 1 is 1.52 bits per heavy atom. The summed E-state index contributed by atoms with van der Waals surface area (Å²) in [5.41, 5.74) is -0.241. The summed E-state index contributed by atoms with van der Waals surface area (Å²) in [6.07, 6.45) is 1.60. The predicted octanol–water partition coefficient (Wildman–Crippen LogP) is -0.988. The molecule has 21 heavy (non-hydrogen) atoms. The van der Waals surface area contributed by atoms with Gasteiger partial charge in [-0.25, -0.2) is 17.9 Å². The van der Waals surface area contributed by atoms with Crippen LogP contribution in [-0.4, -0.2) is 69.4 Å². The van der Waals surface area contributed by atoms with E-state index in [9.17, 15) is 18.0 Å². The fraction of sp³-hybridized carbons (Fsp3) is 0.636. The van der Waals surface area contributed by atoms with Crippen LogP contribution in [0.2, 0.25) is 0 Å². The molecule has 0 bridgehead atoms. The van der Waals surface area contributed by atoms with Crippen LogP contribution in [0.25, 0.3) is 0 Å². The summed E-state index contributed by atoms with van der Waals surface area (Å²) < 4.78 is 24.1. The molecule has 0 radical (unpaired) electrons. The Morgan fingerprint density at radius 2 is 2.24 bits per heavy atom. The molecule has 2 heterocycles. The maximum Gasteiger partial charge on any atom is 0.358 e. The minimum Gasteiger partial charge on any atom is -0.476 e. The predicted molar refractivity (Wildman–Crippen MR) is 71.4 cm³/mol. The summed E-state index contributed by atoms with van der Waals surface area (Å²) in [4.78, 5) is 24.4. The topological polar surface area (TPSA) is 122 Å². The lowest BCUT2D eigenvalue weighted by molar-refractivity contribution is -0.133. The van der Waals surface area contributed by atoms with Crippen molar-refractivity contribution in [3.63, 3.8) is 0 Å². The zero-order valence-corrected chi connectivity index (χ0v) is 12.3. The van der Waals surface area contributed by atoms with Crippen molar-refractivity contribution < 1.29 is 23.1 Å². The molecule has 9 nitrogen and oxygen atoms in total. The van der Waals surface area contributed by atoms with Gasteiger partial charge in [-0.1, -0.05) is 5.21 Å². The molecular weight excluding hydrogens is 300 g/mol. The summed E-state index contributed by atoms with van der Waals surface area (Å²) in [6, 6.07) is -0.324. The van der Waals surface area contributed by atoms with Gasteiger partial charge in [0.15, 0.2) is 15.5 Å². The molecule has 0 spiro atoms. The van der Waals surface area contributed by atoms with E-state index >= 15 is 0 Å². The molecule has 1 aromatic rings. The molecule has 0 aliphatic carbocycles. The van der Waals surface area contributed by atoms with Crippen molar-refractivity contribution in [1.82, 2.24) is 19.9 Å². The second-order valence-electron chi connectivity index (χ2n) is 4.84. The number of hydrogen-bond donors (Lipinski definition) is 1. The third kappa shape index (κ3) is 3.57. The highest BCUT2D eigenvalue weighted by Crippen LogP contribution is 2.18. The molecule has 0 aromatic carbocycles. The lowest BCUT2D eigenvalue weighted by Crippen LogP contribution is -2.42. The summed E-state index contributed by atoms with van der Waals surface area (Å²) in [5, 5.41) is 15.7. The molecule has 10 heteroatoms. The van der Waals surface area contributed by atoms with Gasteiger partial charge in [-0.2, -0.15) is 0 Å². The van der Waals surface area contributed by atoms with E-state index in [0.29, 0.717) is 13.0 Å². The van der Waals surface area contributed by atoms with Gasteiger partial charge in [-0.05, 0) is 13.3 Å². The van der Waals surface area contributed by atoms with E-state index in [0.717, 1.165) is 4.68 Å². The van der Waals surface area contributed by atoms with Gasteiger partial charge in [0, 0.05) is 12.6 Å². The van der Waals surface area contributed by atoms with E-state index in [1.165, 1.54) is 11.1 Å². The molecule has 1 N–H and O–H groups in total. The van der Waals surface area contributed by atoms with Crippen molar-refractivity contribution in [3.05, 3.63) is 11.9 Å². The Morgan fingerprint density at radius 3 is 2.71 bits per heavy atom. The Labute approximate surface area is 121 Å². The van der Waals surface area contributed by atoms with Crippen LogP contribution >= 0.6 is 0 Å². The number of rotatable bonds is 5. The zero-order valence-electron chi connectivity index (χ0n) is 11.5. The van der Waals surface area contributed by atoms with Crippen LogP contribution in [0.1, 0.15) is 23.8 Å². The van der Waals surface area contributed by atoms with Gasteiger partial charge in [0.1, 0.15) is 6.54 Å². The quantitative estimate of drug-likeness (QED) is 0.740. The van der Waals surface area contributed by atoms with Crippen molar-refractivity contribution in [1.29, 1.82) is 0 Å². The highest BCUT2D eigenvalue weighted by Gasteiger charge is 2.33. The third-order valence-corrected chi connectivity index (χ3v) is 5.12. The number of carboxylic acids is 1.